The Kier molecular flexibility index (Phi) is 5.33. The van der Waals surface area contributed by atoms with Gasteiger partial charge in [-0.2, -0.15) is 0 Å². The molecule has 0 aliphatic heterocycles. The van der Waals surface area contributed by atoms with Gasteiger partial charge >= 0.3 is 0 Å². The minimum Gasteiger partial charge on any atom is -0.388 e. The van der Waals surface area contributed by atoms with Crippen molar-refractivity contribution in [1.29, 1.82) is 0 Å². The van der Waals surface area contributed by atoms with Crippen LogP contribution in [0.4, 0.5) is 0 Å². The molecule has 0 saturated carbocycles. The minimum atomic E-state index is -0.472. The molecule has 0 aliphatic rings. The standard InChI is InChI=1S/C18H23NO/c1-3-19-17(15-10-6-4-7-11-15)14(2)18(20)16-12-8-5-9-13-16/h4-14,17-20H,3H2,1-2H3/t14-,17+,18+/m0/s1. The van der Waals surface area contributed by atoms with Crippen molar-refractivity contribution in [3.05, 3.63) is 71.8 Å². The molecule has 20 heavy (non-hydrogen) atoms. The van der Waals surface area contributed by atoms with Crippen LogP contribution in [0.3, 0.4) is 0 Å². The topological polar surface area (TPSA) is 32.3 Å². The fourth-order valence-corrected chi connectivity index (χ4v) is 2.62. The summed E-state index contributed by atoms with van der Waals surface area (Å²) in [4.78, 5) is 0. The lowest BCUT2D eigenvalue weighted by molar-refractivity contribution is 0.0941. The van der Waals surface area contributed by atoms with Crippen LogP contribution in [-0.2, 0) is 0 Å². The molecule has 0 unspecified atom stereocenters. The van der Waals surface area contributed by atoms with Crippen molar-refractivity contribution in [1.82, 2.24) is 5.32 Å². The number of rotatable bonds is 6. The molecule has 0 aliphatic carbocycles. The van der Waals surface area contributed by atoms with Crippen LogP contribution in [0.25, 0.3) is 0 Å². The maximum absolute atomic E-state index is 10.6. The van der Waals surface area contributed by atoms with Gasteiger partial charge in [0.1, 0.15) is 0 Å². The van der Waals surface area contributed by atoms with Crippen molar-refractivity contribution in [2.45, 2.75) is 26.0 Å². The Hall–Kier alpha value is -1.64. The number of aliphatic hydroxyl groups excluding tert-OH is 1. The van der Waals surface area contributed by atoms with E-state index in [0.29, 0.717) is 0 Å². The molecule has 0 amide bonds. The second-order valence-corrected chi connectivity index (χ2v) is 5.16. The highest BCUT2D eigenvalue weighted by Gasteiger charge is 2.25. The molecule has 0 aromatic heterocycles. The van der Waals surface area contributed by atoms with Crippen molar-refractivity contribution < 1.29 is 5.11 Å². The Bertz CT molecular complexity index is 497. The maximum Gasteiger partial charge on any atom is 0.0833 e. The third-order valence-electron chi connectivity index (χ3n) is 3.75. The quantitative estimate of drug-likeness (QED) is 0.838. The predicted molar refractivity (Wildman–Crippen MR) is 83.4 cm³/mol. The molecular formula is C18H23NO. The normalized spacial score (nSPS) is 15.6. The first-order valence-corrected chi connectivity index (χ1v) is 7.25. The van der Waals surface area contributed by atoms with Gasteiger partial charge in [-0.25, -0.2) is 0 Å². The Morgan fingerprint density at radius 3 is 1.90 bits per heavy atom. The summed E-state index contributed by atoms with van der Waals surface area (Å²) in [7, 11) is 0. The molecule has 2 N–H and O–H groups in total. The summed E-state index contributed by atoms with van der Waals surface area (Å²) >= 11 is 0. The maximum atomic E-state index is 10.6. The van der Waals surface area contributed by atoms with E-state index in [1.807, 2.05) is 48.5 Å². The molecule has 0 saturated heterocycles. The number of hydrogen-bond donors (Lipinski definition) is 2. The highest BCUT2D eigenvalue weighted by atomic mass is 16.3. The lowest BCUT2D eigenvalue weighted by Gasteiger charge is -2.29. The summed E-state index contributed by atoms with van der Waals surface area (Å²) < 4.78 is 0. The van der Waals surface area contributed by atoms with E-state index in [9.17, 15) is 5.11 Å². The highest BCUT2D eigenvalue weighted by molar-refractivity contribution is 5.23. The van der Waals surface area contributed by atoms with Crippen LogP contribution in [0.2, 0.25) is 0 Å². The van der Waals surface area contributed by atoms with Crippen molar-refractivity contribution in [3.8, 4) is 0 Å². The van der Waals surface area contributed by atoms with Crippen molar-refractivity contribution in [3.63, 3.8) is 0 Å². The Morgan fingerprint density at radius 1 is 0.900 bits per heavy atom. The Balaban J connectivity index is 2.21. The van der Waals surface area contributed by atoms with Crippen LogP contribution in [0.1, 0.15) is 37.1 Å². The number of aliphatic hydroxyl groups is 1. The van der Waals surface area contributed by atoms with Gasteiger partial charge in [0, 0.05) is 12.0 Å². The SMILES string of the molecule is CCN[C@@H](c1ccccc1)[C@H](C)[C@@H](O)c1ccccc1. The molecule has 3 atom stereocenters. The fourth-order valence-electron chi connectivity index (χ4n) is 2.62. The predicted octanol–water partition coefficient (Wildman–Crippen LogP) is 3.71. The average molecular weight is 269 g/mol. The molecule has 0 bridgehead atoms. The van der Waals surface area contributed by atoms with Gasteiger partial charge < -0.3 is 10.4 Å². The Morgan fingerprint density at radius 2 is 1.40 bits per heavy atom. The van der Waals surface area contributed by atoms with Crippen LogP contribution in [-0.4, -0.2) is 11.7 Å². The van der Waals surface area contributed by atoms with Crippen molar-refractivity contribution in [2.75, 3.05) is 6.54 Å². The third-order valence-corrected chi connectivity index (χ3v) is 3.75. The molecule has 2 nitrogen and oxygen atoms in total. The molecule has 2 rings (SSSR count). The zero-order chi connectivity index (χ0) is 14.4. The van der Waals surface area contributed by atoms with Gasteiger partial charge in [0.2, 0.25) is 0 Å². The Labute approximate surface area is 121 Å². The van der Waals surface area contributed by atoms with Crippen LogP contribution in [0.15, 0.2) is 60.7 Å². The molecule has 2 heteroatoms. The first-order chi connectivity index (χ1) is 9.74. The van der Waals surface area contributed by atoms with Gasteiger partial charge in [-0.1, -0.05) is 74.5 Å². The molecule has 0 radical (unpaired) electrons. The van der Waals surface area contributed by atoms with Gasteiger partial charge in [-0.3, -0.25) is 0 Å². The van der Waals surface area contributed by atoms with Crippen molar-refractivity contribution in [2.24, 2.45) is 5.92 Å². The van der Waals surface area contributed by atoms with Crippen LogP contribution >= 0.6 is 0 Å². The van der Waals surface area contributed by atoms with E-state index in [-0.39, 0.29) is 12.0 Å². The number of benzene rings is 2. The van der Waals surface area contributed by atoms with Gasteiger partial charge in [0.15, 0.2) is 0 Å². The van der Waals surface area contributed by atoms with Gasteiger partial charge in [0.25, 0.3) is 0 Å². The smallest absolute Gasteiger partial charge is 0.0833 e. The first-order valence-electron chi connectivity index (χ1n) is 7.25. The van der Waals surface area contributed by atoms with E-state index in [0.717, 1.165) is 12.1 Å². The zero-order valence-corrected chi connectivity index (χ0v) is 12.2. The monoisotopic (exact) mass is 269 g/mol. The zero-order valence-electron chi connectivity index (χ0n) is 12.2. The second kappa shape index (κ2) is 7.22. The largest absolute Gasteiger partial charge is 0.388 e. The second-order valence-electron chi connectivity index (χ2n) is 5.16. The molecular weight excluding hydrogens is 246 g/mol. The summed E-state index contributed by atoms with van der Waals surface area (Å²) in [6.45, 7) is 5.07. The van der Waals surface area contributed by atoms with Crippen LogP contribution in [0, 0.1) is 5.92 Å². The van der Waals surface area contributed by atoms with E-state index >= 15 is 0 Å². The van der Waals surface area contributed by atoms with Gasteiger partial charge in [0.05, 0.1) is 6.10 Å². The highest BCUT2D eigenvalue weighted by Crippen LogP contribution is 2.32. The average Bonchev–Trinajstić information content (AvgIpc) is 2.53. The molecule has 0 heterocycles. The molecule has 0 fully saturated rings. The molecule has 2 aromatic rings. The number of hydrogen-bond acceptors (Lipinski definition) is 2. The summed E-state index contributed by atoms with van der Waals surface area (Å²) in [5.41, 5.74) is 2.19. The van der Waals surface area contributed by atoms with Crippen LogP contribution in [0.5, 0.6) is 0 Å². The molecule has 106 valence electrons. The summed E-state index contributed by atoms with van der Waals surface area (Å²) in [6.07, 6.45) is -0.472. The lowest BCUT2D eigenvalue weighted by Crippen LogP contribution is -2.30. The summed E-state index contributed by atoms with van der Waals surface area (Å²) in [5.74, 6) is 0.0970. The molecule has 0 spiro atoms. The van der Waals surface area contributed by atoms with E-state index in [4.69, 9.17) is 0 Å². The number of nitrogens with one attached hydrogen (secondary N) is 1. The van der Waals surface area contributed by atoms with E-state index < -0.39 is 6.10 Å². The van der Waals surface area contributed by atoms with E-state index in [1.165, 1.54) is 5.56 Å². The van der Waals surface area contributed by atoms with E-state index in [2.05, 4.69) is 31.3 Å². The lowest BCUT2D eigenvalue weighted by atomic mass is 9.87. The third kappa shape index (κ3) is 3.47. The van der Waals surface area contributed by atoms with Gasteiger partial charge in [-0.15, -0.1) is 0 Å². The van der Waals surface area contributed by atoms with Gasteiger partial charge in [-0.05, 0) is 17.7 Å². The van der Waals surface area contributed by atoms with Crippen LogP contribution < -0.4 is 5.32 Å². The first kappa shape index (κ1) is 14.8. The van der Waals surface area contributed by atoms with E-state index in [1.54, 1.807) is 0 Å². The summed E-state index contributed by atoms with van der Waals surface area (Å²) in [6, 6.07) is 20.4. The minimum absolute atomic E-state index is 0.0970. The van der Waals surface area contributed by atoms with Crippen molar-refractivity contribution >= 4 is 0 Å². The summed E-state index contributed by atoms with van der Waals surface area (Å²) in [5, 5.41) is 14.1. The molecule has 2 aromatic carbocycles. The fraction of sp³-hybridized carbons (Fsp3) is 0.333.